The van der Waals surface area contributed by atoms with Crippen molar-refractivity contribution in [1.29, 1.82) is 0 Å². The Balaban J connectivity index is 1.41. The molecule has 1 spiro atoms. The lowest BCUT2D eigenvalue weighted by atomic mass is 9.66. The van der Waals surface area contributed by atoms with Gasteiger partial charge in [0.1, 0.15) is 11.6 Å². The maximum Gasteiger partial charge on any atom is 0.245 e. The Kier molecular flexibility index (Phi) is 7.28. The minimum atomic E-state index is -1.10. The SMILES string of the molecule is CC[C@@H](CO)N1C(=O)[C@@H]2[C@H](C(=O)Nc3ccccc3)[C@]3(C)CCC2(O3)C1C(=O)NCCN1CCOCC1. The third kappa shape index (κ3) is 4.43. The Labute approximate surface area is 217 Å². The van der Waals surface area contributed by atoms with Crippen LogP contribution < -0.4 is 10.6 Å². The Morgan fingerprint density at radius 2 is 1.89 bits per heavy atom. The summed E-state index contributed by atoms with van der Waals surface area (Å²) in [6.45, 7) is 7.61. The summed E-state index contributed by atoms with van der Waals surface area (Å²) in [5, 5.41) is 16.1. The molecule has 0 radical (unpaired) electrons. The summed E-state index contributed by atoms with van der Waals surface area (Å²) in [6.07, 6.45) is 1.57. The summed E-state index contributed by atoms with van der Waals surface area (Å²) in [7, 11) is 0. The molecule has 2 bridgehead atoms. The van der Waals surface area contributed by atoms with E-state index in [9.17, 15) is 19.5 Å². The number of aliphatic hydroxyl groups excluding tert-OH is 1. The molecule has 3 N–H and O–H groups in total. The quantitative estimate of drug-likeness (QED) is 0.442. The standard InChI is InChI=1S/C27H38N4O6/c1-3-19(17-32)31-22(24(34)28-11-12-30-13-15-36-16-14-30)27-10-9-26(2,37-27)20(21(27)25(31)35)23(33)29-18-7-5-4-6-8-18/h4-8,19-22,32H,3,9-17H2,1-2H3,(H,28,34)(H,29,33)/t19-,20+,21-,22?,26-,27?/m0/s1. The van der Waals surface area contributed by atoms with Gasteiger partial charge in [-0.05, 0) is 38.3 Å². The van der Waals surface area contributed by atoms with E-state index >= 15 is 0 Å². The van der Waals surface area contributed by atoms with Crippen LogP contribution >= 0.6 is 0 Å². The number of likely N-dealkylation sites (tertiary alicyclic amines) is 1. The Morgan fingerprint density at radius 3 is 2.57 bits per heavy atom. The van der Waals surface area contributed by atoms with Crippen LogP contribution in [0.25, 0.3) is 0 Å². The first-order valence-electron chi connectivity index (χ1n) is 13.4. The molecule has 4 heterocycles. The number of hydrogen-bond acceptors (Lipinski definition) is 7. The van der Waals surface area contributed by atoms with Gasteiger partial charge in [-0.3, -0.25) is 19.3 Å². The molecule has 202 valence electrons. The van der Waals surface area contributed by atoms with E-state index in [1.165, 1.54) is 4.90 Å². The Morgan fingerprint density at radius 1 is 1.16 bits per heavy atom. The molecule has 1 aromatic rings. The number of amides is 3. The molecular formula is C27H38N4O6. The molecule has 0 aromatic heterocycles. The number of hydrogen-bond donors (Lipinski definition) is 3. The molecule has 4 aliphatic heterocycles. The van der Waals surface area contributed by atoms with Crippen LogP contribution in [0.2, 0.25) is 0 Å². The van der Waals surface area contributed by atoms with Crippen molar-refractivity contribution in [2.24, 2.45) is 11.8 Å². The average Bonchev–Trinajstić information content (AvgIpc) is 3.47. The number of carbonyl (C=O) groups is 3. The van der Waals surface area contributed by atoms with E-state index in [2.05, 4.69) is 15.5 Å². The molecule has 10 nitrogen and oxygen atoms in total. The topological polar surface area (TPSA) is 120 Å². The minimum absolute atomic E-state index is 0.263. The molecule has 4 aliphatic rings. The molecule has 2 unspecified atom stereocenters. The summed E-state index contributed by atoms with van der Waals surface area (Å²) in [6, 6.07) is 7.71. The fraction of sp³-hybridized carbons (Fsp3) is 0.667. The fourth-order valence-electron chi connectivity index (χ4n) is 6.87. The first-order valence-corrected chi connectivity index (χ1v) is 13.4. The summed E-state index contributed by atoms with van der Waals surface area (Å²) < 4.78 is 12.0. The smallest absolute Gasteiger partial charge is 0.245 e. The van der Waals surface area contributed by atoms with Gasteiger partial charge in [0.25, 0.3) is 0 Å². The van der Waals surface area contributed by atoms with Crippen LogP contribution in [0.15, 0.2) is 30.3 Å². The van der Waals surface area contributed by atoms with Gasteiger partial charge in [-0.2, -0.15) is 0 Å². The van der Waals surface area contributed by atoms with E-state index in [1.807, 2.05) is 32.0 Å². The van der Waals surface area contributed by atoms with E-state index in [4.69, 9.17) is 9.47 Å². The second kappa shape index (κ2) is 10.3. The lowest BCUT2D eigenvalue weighted by Gasteiger charge is -2.37. The highest BCUT2D eigenvalue weighted by molar-refractivity contribution is 6.02. The third-order valence-electron chi connectivity index (χ3n) is 8.69. The molecule has 6 atom stereocenters. The van der Waals surface area contributed by atoms with E-state index in [0.717, 1.165) is 13.1 Å². The number of nitrogens with zero attached hydrogens (tertiary/aromatic N) is 2. The van der Waals surface area contributed by atoms with E-state index in [1.54, 1.807) is 12.1 Å². The number of para-hydroxylation sites is 1. The Hall–Kier alpha value is -2.53. The second-order valence-corrected chi connectivity index (χ2v) is 10.8. The van der Waals surface area contributed by atoms with Gasteiger partial charge in [0.05, 0.1) is 43.3 Å². The predicted molar refractivity (Wildman–Crippen MR) is 136 cm³/mol. The number of nitrogens with one attached hydrogen (secondary N) is 2. The van der Waals surface area contributed by atoms with Crippen LogP contribution in [-0.2, 0) is 23.9 Å². The van der Waals surface area contributed by atoms with Gasteiger partial charge >= 0.3 is 0 Å². The van der Waals surface area contributed by atoms with Crippen molar-refractivity contribution in [2.45, 2.75) is 56.4 Å². The highest BCUT2D eigenvalue weighted by Crippen LogP contribution is 2.63. The first kappa shape index (κ1) is 26.1. The molecule has 0 aliphatic carbocycles. The molecule has 1 aromatic carbocycles. The normalized spacial score (nSPS) is 33.9. The van der Waals surface area contributed by atoms with Gasteiger partial charge in [-0.15, -0.1) is 0 Å². The number of aliphatic hydroxyl groups is 1. The van der Waals surface area contributed by atoms with E-state index in [0.29, 0.717) is 51.3 Å². The van der Waals surface area contributed by atoms with Gasteiger partial charge in [0.2, 0.25) is 17.7 Å². The number of rotatable bonds is 9. The molecular weight excluding hydrogens is 476 g/mol. The molecule has 10 heteroatoms. The van der Waals surface area contributed by atoms with Crippen molar-refractivity contribution < 1.29 is 29.0 Å². The lowest BCUT2D eigenvalue weighted by Crippen LogP contribution is -2.58. The van der Waals surface area contributed by atoms with Gasteiger partial charge in [-0.1, -0.05) is 25.1 Å². The van der Waals surface area contributed by atoms with Crippen LogP contribution in [0.3, 0.4) is 0 Å². The predicted octanol–water partition coefficient (Wildman–Crippen LogP) is 0.609. The zero-order valence-corrected chi connectivity index (χ0v) is 21.7. The van der Waals surface area contributed by atoms with Crippen molar-refractivity contribution in [3.8, 4) is 0 Å². The average molecular weight is 515 g/mol. The van der Waals surface area contributed by atoms with Gasteiger partial charge in [0, 0.05) is 31.9 Å². The van der Waals surface area contributed by atoms with Crippen LogP contribution in [0.1, 0.15) is 33.1 Å². The maximum absolute atomic E-state index is 14.0. The molecule has 37 heavy (non-hydrogen) atoms. The molecule has 3 amide bonds. The van der Waals surface area contributed by atoms with Crippen molar-refractivity contribution in [1.82, 2.24) is 15.1 Å². The summed E-state index contributed by atoms with van der Waals surface area (Å²) >= 11 is 0. The van der Waals surface area contributed by atoms with Crippen molar-refractivity contribution in [3.05, 3.63) is 30.3 Å². The number of morpholine rings is 1. The van der Waals surface area contributed by atoms with Crippen molar-refractivity contribution in [3.63, 3.8) is 0 Å². The molecule has 4 saturated heterocycles. The number of fused-ring (bicyclic) bond motifs is 1. The highest BCUT2D eigenvalue weighted by Gasteiger charge is 2.78. The van der Waals surface area contributed by atoms with Gasteiger partial charge in [0.15, 0.2) is 0 Å². The van der Waals surface area contributed by atoms with E-state index in [-0.39, 0.29) is 24.3 Å². The zero-order chi connectivity index (χ0) is 26.2. The molecule has 5 rings (SSSR count). The van der Waals surface area contributed by atoms with Gasteiger partial charge < -0.3 is 30.1 Å². The third-order valence-corrected chi connectivity index (χ3v) is 8.69. The van der Waals surface area contributed by atoms with Gasteiger partial charge in [-0.25, -0.2) is 0 Å². The van der Waals surface area contributed by atoms with Crippen LogP contribution in [0.5, 0.6) is 0 Å². The van der Waals surface area contributed by atoms with Crippen molar-refractivity contribution in [2.75, 3.05) is 51.3 Å². The summed E-state index contributed by atoms with van der Waals surface area (Å²) in [5.41, 5.74) is -1.30. The largest absolute Gasteiger partial charge is 0.394 e. The fourth-order valence-corrected chi connectivity index (χ4v) is 6.87. The number of ether oxygens (including phenoxy) is 2. The second-order valence-electron chi connectivity index (χ2n) is 10.8. The van der Waals surface area contributed by atoms with Crippen molar-refractivity contribution >= 4 is 23.4 Å². The number of anilines is 1. The number of benzene rings is 1. The van der Waals surface area contributed by atoms with E-state index < -0.39 is 35.1 Å². The monoisotopic (exact) mass is 514 g/mol. The maximum atomic E-state index is 14.0. The highest BCUT2D eigenvalue weighted by atomic mass is 16.5. The van der Waals surface area contributed by atoms with Crippen LogP contribution in [0, 0.1) is 11.8 Å². The molecule has 4 fully saturated rings. The van der Waals surface area contributed by atoms with Crippen LogP contribution in [0.4, 0.5) is 5.69 Å². The summed E-state index contributed by atoms with van der Waals surface area (Å²) in [4.78, 5) is 45.1. The number of carbonyl (C=O) groups excluding carboxylic acids is 3. The molecule has 0 saturated carbocycles. The first-order chi connectivity index (χ1) is 17.8. The lowest BCUT2D eigenvalue weighted by molar-refractivity contribution is -0.148. The zero-order valence-electron chi connectivity index (χ0n) is 21.7. The van der Waals surface area contributed by atoms with Crippen LogP contribution in [-0.4, -0.2) is 102 Å². The minimum Gasteiger partial charge on any atom is -0.394 e. The Bertz CT molecular complexity index is 1010. The summed E-state index contributed by atoms with van der Waals surface area (Å²) in [5.74, 6) is -2.38.